The Bertz CT molecular complexity index is 483. The normalized spacial score (nSPS) is 10.9. The fraction of sp³-hybridized carbons (Fsp3) is 0.250. The molecule has 0 bridgehead atoms. The van der Waals surface area contributed by atoms with E-state index in [0.717, 1.165) is 0 Å². The molecule has 6 nitrogen and oxygen atoms in total. The van der Waals surface area contributed by atoms with Crippen molar-refractivity contribution in [2.24, 2.45) is 0 Å². The van der Waals surface area contributed by atoms with Gasteiger partial charge in [0.2, 0.25) is 0 Å². The maximum absolute atomic E-state index is 11.0. The molecule has 6 heteroatoms. The Balaban J connectivity index is 2.72. The van der Waals surface area contributed by atoms with Crippen LogP contribution in [0.3, 0.4) is 0 Å². The third-order valence-corrected chi connectivity index (χ3v) is 2.28. The van der Waals surface area contributed by atoms with E-state index in [9.17, 15) is 14.9 Å². The largest absolute Gasteiger partial charge is 0.466 e. The van der Waals surface area contributed by atoms with Gasteiger partial charge in [0.25, 0.3) is 5.69 Å². The van der Waals surface area contributed by atoms with Crippen LogP contribution < -0.4 is 5.32 Å². The van der Waals surface area contributed by atoms with Gasteiger partial charge in [-0.2, -0.15) is 0 Å². The second kappa shape index (κ2) is 6.39. The first-order chi connectivity index (χ1) is 8.54. The number of methoxy groups -OCH3 is 1. The van der Waals surface area contributed by atoms with Crippen molar-refractivity contribution in [2.45, 2.75) is 13.5 Å². The molecular formula is C12H14N2O4. The van der Waals surface area contributed by atoms with Crippen LogP contribution in [0.4, 0.5) is 5.69 Å². The number of para-hydroxylation sites is 1. The van der Waals surface area contributed by atoms with Gasteiger partial charge in [0, 0.05) is 29.9 Å². The lowest BCUT2D eigenvalue weighted by molar-refractivity contribution is -0.385. The summed E-state index contributed by atoms with van der Waals surface area (Å²) in [4.78, 5) is 21.3. The van der Waals surface area contributed by atoms with Crippen LogP contribution in [0.25, 0.3) is 0 Å². The Kier molecular flexibility index (Phi) is 4.86. The van der Waals surface area contributed by atoms with Gasteiger partial charge in [-0.05, 0) is 6.92 Å². The summed E-state index contributed by atoms with van der Waals surface area (Å²) in [5.41, 5.74) is 1.19. The molecular weight excluding hydrogens is 236 g/mol. The predicted octanol–water partition coefficient (Wildman–Crippen LogP) is 1.76. The van der Waals surface area contributed by atoms with E-state index < -0.39 is 10.9 Å². The summed E-state index contributed by atoms with van der Waals surface area (Å²) < 4.78 is 4.47. The van der Waals surface area contributed by atoms with E-state index in [1.54, 1.807) is 25.1 Å². The fourth-order valence-corrected chi connectivity index (χ4v) is 1.36. The van der Waals surface area contributed by atoms with E-state index in [1.165, 1.54) is 19.3 Å². The number of carbonyl (C=O) groups is 1. The molecule has 96 valence electrons. The molecule has 0 aliphatic rings. The third-order valence-electron chi connectivity index (χ3n) is 2.28. The lowest BCUT2D eigenvalue weighted by atomic mass is 10.2. The number of nitro groups is 1. The van der Waals surface area contributed by atoms with Gasteiger partial charge in [0.1, 0.15) is 0 Å². The molecule has 0 atom stereocenters. The van der Waals surface area contributed by atoms with E-state index >= 15 is 0 Å². The van der Waals surface area contributed by atoms with Crippen molar-refractivity contribution in [3.8, 4) is 0 Å². The summed E-state index contributed by atoms with van der Waals surface area (Å²) in [6.07, 6.45) is 1.29. The van der Waals surface area contributed by atoms with Crippen LogP contribution >= 0.6 is 0 Å². The van der Waals surface area contributed by atoms with Gasteiger partial charge in [-0.15, -0.1) is 0 Å². The van der Waals surface area contributed by atoms with Gasteiger partial charge in [-0.25, -0.2) is 4.79 Å². The second-order valence-corrected chi connectivity index (χ2v) is 3.59. The zero-order valence-electron chi connectivity index (χ0n) is 10.2. The maximum atomic E-state index is 11.0. The molecule has 0 radical (unpaired) electrons. The van der Waals surface area contributed by atoms with Crippen molar-refractivity contribution in [3.63, 3.8) is 0 Å². The van der Waals surface area contributed by atoms with Gasteiger partial charge >= 0.3 is 5.97 Å². The van der Waals surface area contributed by atoms with Gasteiger partial charge < -0.3 is 10.1 Å². The number of benzene rings is 1. The van der Waals surface area contributed by atoms with E-state index in [0.29, 0.717) is 11.3 Å². The van der Waals surface area contributed by atoms with E-state index in [2.05, 4.69) is 10.1 Å². The van der Waals surface area contributed by atoms with Crippen molar-refractivity contribution >= 4 is 11.7 Å². The third kappa shape index (κ3) is 3.89. The fourth-order valence-electron chi connectivity index (χ4n) is 1.36. The highest BCUT2D eigenvalue weighted by atomic mass is 16.6. The SMILES string of the molecule is COC(=O)C=C(C)NCc1ccccc1[N+](=O)[O-]. The summed E-state index contributed by atoms with van der Waals surface area (Å²) >= 11 is 0. The van der Waals surface area contributed by atoms with Gasteiger partial charge in [-0.1, -0.05) is 18.2 Å². The number of rotatable bonds is 5. The maximum Gasteiger partial charge on any atom is 0.332 e. The smallest absolute Gasteiger partial charge is 0.332 e. The Labute approximate surface area is 104 Å². The minimum absolute atomic E-state index is 0.0517. The number of hydrogen-bond acceptors (Lipinski definition) is 5. The molecule has 0 fully saturated rings. The van der Waals surface area contributed by atoms with E-state index in [4.69, 9.17) is 0 Å². The van der Waals surface area contributed by atoms with Crippen LogP contribution in [-0.4, -0.2) is 18.0 Å². The molecule has 1 aromatic rings. The Morgan fingerprint density at radius 2 is 2.17 bits per heavy atom. The van der Waals surface area contributed by atoms with Crippen molar-refractivity contribution < 1.29 is 14.5 Å². The molecule has 0 aromatic heterocycles. The lowest BCUT2D eigenvalue weighted by Gasteiger charge is -2.06. The second-order valence-electron chi connectivity index (χ2n) is 3.59. The van der Waals surface area contributed by atoms with Gasteiger partial charge in [0.15, 0.2) is 0 Å². The summed E-state index contributed by atoms with van der Waals surface area (Å²) in [5, 5.41) is 13.7. The monoisotopic (exact) mass is 250 g/mol. The first kappa shape index (κ1) is 13.7. The summed E-state index contributed by atoms with van der Waals surface area (Å²) in [6, 6.07) is 6.44. The molecule has 0 spiro atoms. The zero-order chi connectivity index (χ0) is 13.5. The number of nitro benzene ring substituents is 1. The van der Waals surface area contributed by atoms with Crippen LogP contribution in [0.15, 0.2) is 36.0 Å². The van der Waals surface area contributed by atoms with Crippen LogP contribution in [0.5, 0.6) is 0 Å². The average Bonchev–Trinajstić information content (AvgIpc) is 2.36. The minimum Gasteiger partial charge on any atom is -0.466 e. The van der Waals surface area contributed by atoms with Crippen LogP contribution in [-0.2, 0) is 16.1 Å². The lowest BCUT2D eigenvalue weighted by Crippen LogP contribution is -2.13. The number of esters is 1. The minimum atomic E-state index is -0.470. The van der Waals surface area contributed by atoms with Crippen molar-refractivity contribution in [1.82, 2.24) is 5.32 Å². The number of ether oxygens (including phenoxy) is 1. The standard InChI is InChI=1S/C12H14N2O4/c1-9(7-12(15)18-2)13-8-10-5-3-4-6-11(10)14(16)17/h3-7,13H,8H2,1-2H3. The number of nitrogens with one attached hydrogen (secondary N) is 1. The topological polar surface area (TPSA) is 81.5 Å². The molecule has 0 aliphatic heterocycles. The molecule has 1 N–H and O–H groups in total. The van der Waals surface area contributed by atoms with Gasteiger partial charge in [-0.3, -0.25) is 10.1 Å². The van der Waals surface area contributed by atoms with Crippen LogP contribution in [0.1, 0.15) is 12.5 Å². The van der Waals surface area contributed by atoms with E-state index in [1.807, 2.05) is 0 Å². The highest BCUT2D eigenvalue weighted by Gasteiger charge is 2.11. The summed E-state index contributed by atoms with van der Waals surface area (Å²) in [7, 11) is 1.29. The van der Waals surface area contributed by atoms with Crippen molar-refractivity contribution in [2.75, 3.05) is 7.11 Å². The first-order valence-corrected chi connectivity index (χ1v) is 5.27. The summed E-state index contributed by atoms with van der Waals surface area (Å²) in [6.45, 7) is 1.96. The summed E-state index contributed by atoms with van der Waals surface area (Å²) in [5.74, 6) is -0.470. The van der Waals surface area contributed by atoms with Crippen LogP contribution in [0, 0.1) is 10.1 Å². The van der Waals surface area contributed by atoms with Crippen molar-refractivity contribution in [3.05, 3.63) is 51.7 Å². The molecule has 1 aromatic carbocycles. The Morgan fingerprint density at radius 1 is 1.50 bits per heavy atom. The van der Waals surface area contributed by atoms with Crippen molar-refractivity contribution in [1.29, 1.82) is 0 Å². The predicted molar refractivity (Wildman–Crippen MR) is 65.7 cm³/mol. The molecule has 0 unspecified atom stereocenters. The molecule has 0 heterocycles. The molecule has 0 saturated carbocycles. The number of nitrogens with zero attached hydrogens (tertiary/aromatic N) is 1. The highest BCUT2D eigenvalue weighted by molar-refractivity contribution is 5.82. The molecule has 1 rings (SSSR count). The highest BCUT2D eigenvalue weighted by Crippen LogP contribution is 2.17. The van der Waals surface area contributed by atoms with Crippen LogP contribution in [0.2, 0.25) is 0 Å². The quantitative estimate of drug-likeness (QED) is 0.372. The Hall–Kier alpha value is -2.37. The zero-order valence-corrected chi connectivity index (χ0v) is 10.2. The van der Waals surface area contributed by atoms with E-state index in [-0.39, 0.29) is 12.2 Å². The molecule has 0 saturated heterocycles. The van der Waals surface area contributed by atoms with Gasteiger partial charge in [0.05, 0.1) is 12.0 Å². The molecule has 0 amide bonds. The molecule has 0 aliphatic carbocycles. The molecule has 18 heavy (non-hydrogen) atoms. The average molecular weight is 250 g/mol. The number of hydrogen-bond donors (Lipinski definition) is 1. The number of carbonyl (C=O) groups excluding carboxylic acids is 1. The first-order valence-electron chi connectivity index (χ1n) is 5.27. The Morgan fingerprint density at radius 3 is 2.78 bits per heavy atom. The number of allylic oxidation sites excluding steroid dienone is 1.